The first-order valence-electron chi connectivity index (χ1n) is 7.52. The smallest absolute Gasteiger partial charge is 0.225 e. The number of rotatable bonds is 2. The largest absolute Gasteiger partial charge is 0.340 e. The van der Waals surface area contributed by atoms with Gasteiger partial charge in [0.15, 0.2) is 0 Å². The highest BCUT2D eigenvalue weighted by Gasteiger charge is 2.35. The lowest BCUT2D eigenvalue weighted by Crippen LogP contribution is -2.53. The molecular weight excluding hydrogens is 226 g/mol. The van der Waals surface area contributed by atoms with Crippen molar-refractivity contribution in [1.82, 2.24) is 9.80 Å². The minimum Gasteiger partial charge on any atom is -0.340 e. The second-order valence-electron chi connectivity index (χ2n) is 6.20. The van der Waals surface area contributed by atoms with E-state index in [2.05, 4.69) is 9.80 Å². The van der Waals surface area contributed by atoms with Gasteiger partial charge in [-0.05, 0) is 38.5 Å². The van der Waals surface area contributed by atoms with Gasteiger partial charge < -0.3 is 10.6 Å². The number of piperazine rings is 1. The van der Waals surface area contributed by atoms with Crippen molar-refractivity contribution in [3.8, 4) is 0 Å². The van der Waals surface area contributed by atoms with Gasteiger partial charge in [-0.3, -0.25) is 9.69 Å². The monoisotopic (exact) mass is 251 g/mol. The highest BCUT2D eigenvalue weighted by molar-refractivity contribution is 5.81. The second kappa shape index (κ2) is 5.17. The first-order valence-corrected chi connectivity index (χ1v) is 7.52. The van der Waals surface area contributed by atoms with Crippen LogP contribution in [0.1, 0.15) is 38.5 Å². The normalized spacial score (nSPS) is 34.6. The maximum Gasteiger partial charge on any atom is 0.225 e. The molecule has 0 aromatic rings. The second-order valence-corrected chi connectivity index (χ2v) is 6.20. The lowest BCUT2D eigenvalue weighted by Gasteiger charge is -2.41. The van der Waals surface area contributed by atoms with Crippen LogP contribution in [0.15, 0.2) is 0 Å². The van der Waals surface area contributed by atoms with Crippen molar-refractivity contribution in [2.24, 2.45) is 11.7 Å². The predicted molar refractivity (Wildman–Crippen MR) is 71.1 cm³/mol. The van der Waals surface area contributed by atoms with Gasteiger partial charge in [0.05, 0.1) is 0 Å². The van der Waals surface area contributed by atoms with Crippen LogP contribution in [0.2, 0.25) is 0 Å². The summed E-state index contributed by atoms with van der Waals surface area (Å²) in [7, 11) is 0. The summed E-state index contributed by atoms with van der Waals surface area (Å²) >= 11 is 0. The fraction of sp³-hybridized carbons (Fsp3) is 0.929. The summed E-state index contributed by atoms with van der Waals surface area (Å²) in [4.78, 5) is 16.6. The third-order valence-corrected chi connectivity index (χ3v) is 4.81. The molecular formula is C14H25N3O. The van der Waals surface area contributed by atoms with Crippen LogP contribution in [0.5, 0.6) is 0 Å². The maximum absolute atomic E-state index is 12.0. The number of amides is 1. The van der Waals surface area contributed by atoms with Gasteiger partial charge in [-0.25, -0.2) is 0 Å². The topological polar surface area (TPSA) is 49.6 Å². The Labute approximate surface area is 109 Å². The van der Waals surface area contributed by atoms with Crippen molar-refractivity contribution >= 4 is 5.91 Å². The van der Waals surface area contributed by atoms with Crippen LogP contribution in [-0.4, -0.2) is 54.0 Å². The highest BCUT2D eigenvalue weighted by atomic mass is 16.2. The Morgan fingerprint density at radius 2 is 1.50 bits per heavy atom. The fourth-order valence-corrected chi connectivity index (χ4v) is 3.36. The Kier molecular flexibility index (Phi) is 3.57. The molecule has 1 saturated heterocycles. The number of carbonyl (C=O) groups excluding carboxylic acids is 1. The Balaban J connectivity index is 1.46. The van der Waals surface area contributed by atoms with Gasteiger partial charge in [0.1, 0.15) is 0 Å². The van der Waals surface area contributed by atoms with E-state index in [4.69, 9.17) is 5.73 Å². The van der Waals surface area contributed by atoms with E-state index in [1.54, 1.807) is 0 Å². The van der Waals surface area contributed by atoms with E-state index < -0.39 is 0 Å². The van der Waals surface area contributed by atoms with Gasteiger partial charge in [-0.15, -0.1) is 0 Å². The average Bonchev–Trinajstić information content (AvgIpc) is 3.23. The molecule has 2 N–H and O–H groups in total. The zero-order chi connectivity index (χ0) is 12.5. The summed E-state index contributed by atoms with van der Waals surface area (Å²) in [5.41, 5.74) is 5.96. The molecule has 3 fully saturated rings. The van der Waals surface area contributed by atoms with Crippen molar-refractivity contribution in [2.45, 2.75) is 50.6 Å². The summed E-state index contributed by atoms with van der Waals surface area (Å²) in [5.74, 6) is 0.796. The van der Waals surface area contributed by atoms with E-state index in [0.717, 1.165) is 45.1 Å². The number of hydrogen-bond acceptors (Lipinski definition) is 3. The molecule has 0 aromatic heterocycles. The average molecular weight is 251 g/mol. The summed E-state index contributed by atoms with van der Waals surface area (Å²) in [6.45, 7) is 4.02. The van der Waals surface area contributed by atoms with Gasteiger partial charge in [-0.2, -0.15) is 0 Å². The molecule has 2 aliphatic carbocycles. The Morgan fingerprint density at radius 3 is 2.06 bits per heavy atom. The number of nitrogens with two attached hydrogens (primary N) is 1. The summed E-state index contributed by atoms with van der Waals surface area (Å²) in [6, 6.07) is 1.15. The number of nitrogens with zero attached hydrogens (tertiary/aromatic N) is 2. The quantitative estimate of drug-likeness (QED) is 0.790. The van der Waals surface area contributed by atoms with Crippen molar-refractivity contribution in [3.05, 3.63) is 0 Å². The van der Waals surface area contributed by atoms with Crippen LogP contribution < -0.4 is 5.73 Å². The van der Waals surface area contributed by atoms with E-state index >= 15 is 0 Å². The van der Waals surface area contributed by atoms with Gasteiger partial charge in [0.25, 0.3) is 0 Å². The van der Waals surface area contributed by atoms with Crippen molar-refractivity contribution in [3.63, 3.8) is 0 Å². The molecule has 2 saturated carbocycles. The third-order valence-electron chi connectivity index (χ3n) is 4.81. The highest BCUT2D eigenvalue weighted by Crippen LogP contribution is 2.31. The summed E-state index contributed by atoms with van der Waals surface area (Å²) in [6.07, 6.45) is 7.09. The van der Waals surface area contributed by atoms with Crippen LogP contribution in [0.3, 0.4) is 0 Å². The molecule has 1 amide bonds. The molecule has 0 spiro atoms. The molecule has 3 rings (SSSR count). The van der Waals surface area contributed by atoms with E-state index in [1.807, 2.05) is 0 Å². The summed E-state index contributed by atoms with van der Waals surface area (Å²) < 4.78 is 0. The maximum atomic E-state index is 12.0. The lowest BCUT2D eigenvalue weighted by molar-refractivity contribution is -0.134. The van der Waals surface area contributed by atoms with Crippen molar-refractivity contribution in [2.75, 3.05) is 26.2 Å². The Morgan fingerprint density at radius 1 is 0.889 bits per heavy atom. The molecule has 3 aliphatic rings. The van der Waals surface area contributed by atoms with Crippen LogP contribution in [0.25, 0.3) is 0 Å². The molecule has 1 aliphatic heterocycles. The molecule has 1 heterocycles. The van der Waals surface area contributed by atoms with Crippen LogP contribution in [-0.2, 0) is 4.79 Å². The van der Waals surface area contributed by atoms with E-state index in [9.17, 15) is 4.79 Å². The third kappa shape index (κ3) is 2.69. The van der Waals surface area contributed by atoms with Crippen LogP contribution in [0.4, 0.5) is 0 Å². The number of carbonyl (C=O) groups is 1. The van der Waals surface area contributed by atoms with E-state index in [0.29, 0.717) is 17.9 Å². The molecule has 4 heteroatoms. The standard InChI is InChI=1S/C14H25N3O/c15-12-3-5-13(6-4-12)16-7-9-17(10-8-16)14(18)11-1-2-11/h11-13H,1-10,15H2. The van der Waals surface area contributed by atoms with Gasteiger partial charge in [-0.1, -0.05) is 0 Å². The first-order chi connectivity index (χ1) is 8.74. The van der Waals surface area contributed by atoms with Gasteiger partial charge in [0.2, 0.25) is 5.91 Å². The molecule has 0 radical (unpaired) electrons. The Bertz CT molecular complexity index is 300. The SMILES string of the molecule is NC1CCC(N2CCN(C(=O)C3CC3)CC2)CC1. The number of hydrogen-bond donors (Lipinski definition) is 1. The van der Waals surface area contributed by atoms with E-state index in [-0.39, 0.29) is 0 Å². The molecule has 18 heavy (non-hydrogen) atoms. The zero-order valence-corrected chi connectivity index (χ0v) is 11.2. The zero-order valence-electron chi connectivity index (χ0n) is 11.2. The lowest BCUT2D eigenvalue weighted by atomic mass is 9.90. The van der Waals surface area contributed by atoms with Crippen LogP contribution >= 0.6 is 0 Å². The minimum atomic E-state index is 0.379. The van der Waals surface area contributed by atoms with Crippen LogP contribution in [0, 0.1) is 5.92 Å². The molecule has 0 unspecified atom stereocenters. The fourth-order valence-electron chi connectivity index (χ4n) is 3.36. The molecule has 0 bridgehead atoms. The first kappa shape index (κ1) is 12.4. The molecule has 4 nitrogen and oxygen atoms in total. The van der Waals surface area contributed by atoms with Crippen molar-refractivity contribution in [1.29, 1.82) is 0 Å². The summed E-state index contributed by atoms with van der Waals surface area (Å²) in [5, 5.41) is 0. The van der Waals surface area contributed by atoms with E-state index in [1.165, 1.54) is 25.7 Å². The molecule has 0 atom stereocenters. The molecule has 0 aromatic carbocycles. The van der Waals surface area contributed by atoms with Gasteiger partial charge in [0, 0.05) is 44.2 Å². The molecule has 102 valence electrons. The predicted octanol–water partition coefficient (Wildman–Crippen LogP) is 0.810. The van der Waals surface area contributed by atoms with Gasteiger partial charge >= 0.3 is 0 Å². The Hall–Kier alpha value is -0.610. The minimum absolute atomic E-state index is 0.379. The van der Waals surface area contributed by atoms with Crippen molar-refractivity contribution < 1.29 is 4.79 Å².